The van der Waals surface area contributed by atoms with Gasteiger partial charge < -0.3 is 4.98 Å². The second-order valence-corrected chi connectivity index (χ2v) is 2.66. The highest BCUT2D eigenvalue weighted by molar-refractivity contribution is 5.80. The lowest BCUT2D eigenvalue weighted by molar-refractivity contribution is -0.118. The molecule has 0 atom stereocenters. The monoisotopic (exact) mass is 151 g/mol. The Hall–Kier alpha value is -1.05. The molecule has 11 heavy (non-hydrogen) atoms. The van der Waals surface area contributed by atoms with Gasteiger partial charge in [0.25, 0.3) is 0 Å². The van der Waals surface area contributed by atoms with Gasteiger partial charge in [-0.15, -0.1) is 0 Å². The number of rotatable bonds is 4. The Bertz CT molecular complexity index is 213. The number of ketones is 1. The SMILES string of the molecule is CCCC(=O)Cc1ccc[nH]1. The summed E-state index contributed by atoms with van der Waals surface area (Å²) in [4.78, 5) is 14.1. The minimum Gasteiger partial charge on any atom is -0.365 e. The third-order valence-electron chi connectivity index (χ3n) is 1.58. The van der Waals surface area contributed by atoms with Crippen LogP contribution in [0.3, 0.4) is 0 Å². The first-order chi connectivity index (χ1) is 5.33. The van der Waals surface area contributed by atoms with E-state index in [2.05, 4.69) is 4.98 Å². The largest absolute Gasteiger partial charge is 0.365 e. The smallest absolute Gasteiger partial charge is 0.138 e. The molecular formula is C9H13NO. The molecule has 0 radical (unpaired) electrons. The second-order valence-electron chi connectivity index (χ2n) is 2.66. The van der Waals surface area contributed by atoms with E-state index in [1.807, 2.05) is 25.3 Å². The lowest BCUT2D eigenvalue weighted by Gasteiger charge is -1.94. The molecule has 0 aliphatic heterocycles. The number of carbonyl (C=O) groups is 1. The number of aromatic amines is 1. The van der Waals surface area contributed by atoms with Gasteiger partial charge in [0.1, 0.15) is 5.78 Å². The maximum Gasteiger partial charge on any atom is 0.138 e. The molecule has 1 aromatic heterocycles. The minimum absolute atomic E-state index is 0.315. The van der Waals surface area contributed by atoms with Gasteiger partial charge in [-0.1, -0.05) is 6.92 Å². The van der Waals surface area contributed by atoms with Gasteiger partial charge in [-0.25, -0.2) is 0 Å². The maximum atomic E-state index is 11.1. The first kappa shape index (κ1) is 8.05. The molecule has 60 valence electrons. The molecule has 1 aromatic rings. The van der Waals surface area contributed by atoms with Crippen LogP contribution in [0.25, 0.3) is 0 Å². The van der Waals surface area contributed by atoms with E-state index >= 15 is 0 Å². The molecule has 0 amide bonds. The quantitative estimate of drug-likeness (QED) is 0.700. The summed E-state index contributed by atoms with van der Waals surface area (Å²) < 4.78 is 0. The molecule has 0 aliphatic carbocycles. The minimum atomic E-state index is 0.315. The molecule has 0 bridgehead atoms. The van der Waals surface area contributed by atoms with Crippen molar-refractivity contribution in [2.75, 3.05) is 0 Å². The average molecular weight is 151 g/mol. The van der Waals surface area contributed by atoms with Gasteiger partial charge in [0.2, 0.25) is 0 Å². The van der Waals surface area contributed by atoms with Crippen LogP contribution >= 0.6 is 0 Å². The van der Waals surface area contributed by atoms with Gasteiger partial charge in [0.15, 0.2) is 0 Å². The van der Waals surface area contributed by atoms with Crippen LogP contribution in [0.4, 0.5) is 0 Å². The Kier molecular flexibility index (Phi) is 2.90. The van der Waals surface area contributed by atoms with E-state index in [4.69, 9.17) is 0 Å². The van der Waals surface area contributed by atoms with Crippen molar-refractivity contribution in [3.63, 3.8) is 0 Å². The lowest BCUT2D eigenvalue weighted by Crippen LogP contribution is -2.01. The summed E-state index contributed by atoms with van der Waals surface area (Å²) in [5.74, 6) is 0.315. The van der Waals surface area contributed by atoms with Crippen molar-refractivity contribution in [2.24, 2.45) is 0 Å². The number of H-pyrrole nitrogens is 1. The van der Waals surface area contributed by atoms with Crippen LogP contribution in [0.15, 0.2) is 18.3 Å². The molecule has 0 saturated carbocycles. The van der Waals surface area contributed by atoms with Crippen molar-refractivity contribution in [3.8, 4) is 0 Å². The number of aromatic nitrogens is 1. The number of hydrogen-bond acceptors (Lipinski definition) is 1. The molecule has 1 rings (SSSR count). The zero-order valence-corrected chi connectivity index (χ0v) is 6.76. The van der Waals surface area contributed by atoms with Gasteiger partial charge >= 0.3 is 0 Å². The Morgan fingerprint density at radius 1 is 1.64 bits per heavy atom. The Labute approximate surface area is 66.6 Å². The summed E-state index contributed by atoms with van der Waals surface area (Å²) in [7, 11) is 0. The van der Waals surface area contributed by atoms with Gasteiger partial charge in [0.05, 0.1) is 0 Å². The zero-order valence-electron chi connectivity index (χ0n) is 6.76. The van der Waals surface area contributed by atoms with Crippen LogP contribution in [0.5, 0.6) is 0 Å². The first-order valence-electron chi connectivity index (χ1n) is 3.97. The van der Waals surface area contributed by atoms with Crippen LogP contribution in [0.2, 0.25) is 0 Å². The molecular weight excluding hydrogens is 138 g/mol. The van der Waals surface area contributed by atoms with E-state index < -0.39 is 0 Å². The fourth-order valence-corrected chi connectivity index (χ4v) is 1.06. The molecule has 1 heterocycles. The summed E-state index contributed by atoms with van der Waals surface area (Å²) in [6, 6.07) is 3.85. The molecule has 0 aliphatic rings. The predicted molar refractivity (Wildman–Crippen MR) is 44.4 cm³/mol. The summed E-state index contributed by atoms with van der Waals surface area (Å²) >= 11 is 0. The van der Waals surface area contributed by atoms with Crippen LogP contribution in [-0.2, 0) is 11.2 Å². The van der Waals surface area contributed by atoms with E-state index in [0.717, 1.165) is 12.1 Å². The Balaban J connectivity index is 2.37. The Morgan fingerprint density at radius 2 is 2.45 bits per heavy atom. The molecule has 1 N–H and O–H groups in total. The van der Waals surface area contributed by atoms with Crippen LogP contribution in [-0.4, -0.2) is 10.8 Å². The van der Waals surface area contributed by atoms with E-state index in [-0.39, 0.29) is 0 Å². The number of Topliss-reactive ketones (excluding diaryl/α,β-unsaturated/α-hetero) is 1. The van der Waals surface area contributed by atoms with Crippen molar-refractivity contribution in [1.29, 1.82) is 0 Å². The summed E-state index contributed by atoms with van der Waals surface area (Å²) in [5, 5.41) is 0. The van der Waals surface area contributed by atoms with Gasteiger partial charge in [-0.2, -0.15) is 0 Å². The van der Waals surface area contributed by atoms with E-state index in [9.17, 15) is 4.79 Å². The van der Waals surface area contributed by atoms with E-state index in [1.165, 1.54) is 0 Å². The number of carbonyl (C=O) groups excluding carboxylic acids is 1. The molecule has 0 fully saturated rings. The van der Waals surface area contributed by atoms with E-state index in [0.29, 0.717) is 18.6 Å². The fraction of sp³-hybridized carbons (Fsp3) is 0.444. The molecule has 0 spiro atoms. The summed E-state index contributed by atoms with van der Waals surface area (Å²) in [6.45, 7) is 2.02. The van der Waals surface area contributed by atoms with Gasteiger partial charge in [-0.05, 0) is 18.6 Å². The molecule has 0 aromatic carbocycles. The summed E-state index contributed by atoms with van der Waals surface area (Å²) in [5.41, 5.74) is 1.02. The first-order valence-corrected chi connectivity index (χ1v) is 3.97. The van der Waals surface area contributed by atoms with Crippen molar-refractivity contribution < 1.29 is 4.79 Å². The maximum absolute atomic E-state index is 11.1. The standard InChI is InChI=1S/C9H13NO/c1-2-4-9(11)7-8-5-3-6-10-8/h3,5-6,10H,2,4,7H2,1H3. The zero-order chi connectivity index (χ0) is 8.10. The lowest BCUT2D eigenvalue weighted by atomic mass is 10.1. The second kappa shape index (κ2) is 3.96. The number of hydrogen-bond donors (Lipinski definition) is 1. The van der Waals surface area contributed by atoms with Crippen LogP contribution < -0.4 is 0 Å². The third-order valence-corrected chi connectivity index (χ3v) is 1.58. The Morgan fingerprint density at radius 3 is 3.00 bits per heavy atom. The molecule has 0 unspecified atom stereocenters. The number of nitrogens with one attached hydrogen (secondary N) is 1. The highest BCUT2D eigenvalue weighted by atomic mass is 16.1. The average Bonchev–Trinajstić information content (AvgIpc) is 2.40. The topological polar surface area (TPSA) is 32.9 Å². The normalized spacial score (nSPS) is 9.91. The van der Waals surface area contributed by atoms with Crippen LogP contribution in [0.1, 0.15) is 25.5 Å². The molecule has 2 heteroatoms. The highest BCUT2D eigenvalue weighted by Crippen LogP contribution is 1.99. The van der Waals surface area contributed by atoms with Gasteiger partial charge in [-0.3, -0.25) is 4.79 Å². The molecule has 0 saturated heterocycles. The fourth-order valence-electron chi connectivity index (χ4n) is 1.06. The van der Waals surface area contributed by atoms with Crippen molar-refractivity contribution in [3.05, 3.63) is 24.0 Å². The van der Waals surface area contributed by atoms with Gasteiger partial charge in [0, 0.05) is 24.7 Å². The van der Waals surface area contributed by atoms with Crippen molar-refractivity contribution in [1.82, 2.24) is 4.98 Å². The summed E-state index contributed by atoms with van der Waals surface area (Å²) in [6.07, 6.45) is 4.04. The molecule has 2 nitrogen and oxygen atoms in total. The van der Waals surface area contributed by atoms with Crippen molar-refractivity contribution in [2.45, 2.75) is 26.2 Å². The van der Waals surface area contributed by atoms with E-state index in [1.54, 1.807) is 0 Å². The van der Waals surface area contributed by atoms with Crippen molar-refractivity contribution >= 4 is 5.78 Å². The van der Waals surface area contributed by atoms with Crippen LogP contribution in [0, 0.1) is 0 Å². The predicted octanol–water partition coefficient (Wildman–Crippen LogP) is 1.93. The third kappa shape index (κ3) is 2.58. The highest BCUT2D eigenvalue weighted by Gasteiger charge is 2.01.